The van der Waals surface area contributed by atoms with Crippen molar-refractivity contribution < 1.29 is 24.1 Å². The largest absolute Gasteiger partial charge is 0.442 e. The van der Waals surface area contributed by atoms with Crippen LogP contribution in [0.15, 0.2) is 24.3 Å². The number of hydrogen-bond donors (Lipinski definition) is 1. The third-order valence-electron chi connectivity index (χ3n) is 2.57. The first-order chi connectivity index (χ1) is 10.1. The Morgan fingerprint density at radius 3 is 2.50 bits per heavy atom. The molecule has 8 heteroatoms. The zero-order valence-corrected chi connectivity index (χ0v) is 12.8. The Bertz CT molecular complexity index is 579. The summed E-state index contributed by atoms with van der Waals surface area (Å²) in [4.78, 5) is 38.0. The van der Waals surface area contributed by atoms with E-state index in [1.165, 1.54) is 25.1 Å². The van der Waals surface area contributed by atoms with Crippen LogP contribution in [0, 0.1) is 10.1 Å². The van der Waals surface area contributed by atoms with Gasteiger partial charge in [0.05, 0.1) is 10.8 Å². The number of nitrogens with one attached hydrogen (secondary N) is 1. The van der Waals surface area contributed by atoms with Crippen LogP contribution in [0.5, 0.6) is 0 Å². The Balaban J connectivity index is 2.64. The Kier molecular flexibility index (Phi) is 5.44. The summed E-state index contributed by atoms with van der Waals surface area (Å²) in [5.74, 6) is -1.54. The van der Waals surface area contributed by atoms with E-state index in [0.29, 0.717) is 5.56 Å². The number of nitro benzene ring substituents is 1. The smallest absolute Gasteiger partial charge is 0.441 e. The van der Waals surface area contributed by atoms with Gasteiger partial charge in [-0.2, -0.15) is 0 Å². The minimum absolute atomic E-state index is 0.128. The lowest BCUT2D eigenvalue weighted by atomic mass is 10.0. The summed E-state index contributed by atoms with van der Waals surface area (Å²) in [5, 5.41) is 10.7. The molecule has 120 valence electrons. The first kappa shape index (κ1) is 17.4. The minimum Gasteiger partial charge on any atom is -0.442 e. The molecule has 0 heterocycles. The predicted octanol–water partition coefficient (Wildman–Crippen LogP) is 2.68. The molecule has 0 aliphatic rings. The second kappa shape index (κ2) is 6.88. The third-order valence-corrected chi connectivity index (χ3v) is 2.57. The van der Waals surface area contributed by atoms with Crippen LogP contribution in [0.25, 0.3) is 0 Å². The van der Waals surface area contributed by atoms with E-state index in [2.05, 4.69) is 4.84 Å². The van der Waals surface area contributed by atoms with Gasteiger partial charge in [-0.05, 0) is 33.3 Å². The van der Waals surface area contributed by atoms with E-state index in [1.54, 1.807) is 26.8 Å². The molecule has 0 fully saturated rings. The summed E-state index contributed by atoms with van der Waals surface area (Å²) in [5.41, 5.74) is 1.44. The molecule has 0 radical (unpaired) electrons. The quantitative estimate of drug-likeness (QED) is 0.679. The number of nitrogens with zero attached hydrogens (tertiary/aromatic N) is 1. The molecule has 0 spiro atoms. The molecule has 1 rings (SSSR count). The van der Waals surface area contributed by atoms with Crippen LogP contribution in [0.3, 0.4) is 0 Å². The SMILES string of the molecule is CC(C(=O)ONC(=O)OC(C)(C)C)c1cccc([N+](=O)[O-])c1. The number of non-ortho nitro benzene ring substituents is 1. The van der Waals surface area contributed by atoms with Gasteiger partial charge in [-0.3, -0.25) is 10.1 Å². The van der Waals surface area contributed by atoms with Crippen molar-refractivity contribution in [3.05, 3.63) is 39.9 Å². The van der Waals surface area contributed by atoms with Crippen molar-refractivity contribution in [3.8, 4) is 0 Å². The average Bonchev–Trinajstić information content (AvgIpc) is 2.42. The van der Waals surface area contributed by atoms with Gasteiger partial charge in [0, 0.05) is 12.1 Å². The lowest BCUT2D eigenvalue weighted by molar-refractivity contribution is -0.384. The molecule has 8 nitrogen and oxygen atoms in total. The van der Waals surface area contributed by atoms with Crippen LogP contribution in [0.4, 0.5) is 10.5 Å². The fraction of sp³-hybridized carbons (Fsp3) is 0.429. The Hall–Kier alpha value is -2.64. The zero-order chi connectivity index (χ0) is 16.9. The highest BCUT2D eigenvalue weighted by molar-refractivity contribution is 5.79. The molecule has 1 atom stereocenters. The molecule has 0 aliphatic carbocycles. The van der Waals surface area contributed by atoms with Gasteiger partial charge in [0.1, 0.15) is 5.60 Å². The highest BCUT2D eigenvalue weighted by Gasteiger charge is 2.22. The zero-order valence-electron chi connectivity index (χ0n) is 12.8. The lowest BCUT2D eigenvalue weighted by Gasteiger charge is -2.19. The fourth-order valence-corrected chi connectivity index (χ4v) is 1.52. The van der Waals surface area contributed by atoms with Crippen LogP contribution in [-0.2, 0) is 14.4 Å². The van der Waals surface area contributed by atoms with Gasteiger partial charge in [0.15, 0.2) is 0 Å². The van der Waals surface area contributed by atoms with Gasteiger partial charge in [0.2, 0.25) is 0 Å². The number of hydrogen-bond acceptors (Lipinski definition) is 6. The molecule has 0 aromatic heterocycles. The van der Waals surface area contributed by atoms with E-state index < -0.39 is 28.5 Å². The molecule has 0 aliphatic heterocycles. The molecule has 1 aromatic carbocycles. The van der Waals surface area contributed by atoms with Crippen LogP contribution in [0.2, 0.25) is 0 Å². The van der Waals surface area contributed by atoms with Gasteiger partial charge >= 0.3 is 12.1 Å². The van der Waals surface area contributed by atoms with Gasteiger partial charge in [0.25, 0.3) is 5.69 Å². The molecule has 1 N–H and O–H groups in total. The monoisotopic (exact) mass is 310 g/mol. The summed E-state index contributed by atoms with van der Waals surface area (Å²) in [6, 6.07) is 5.63. The number of ether oxygens (including phenoxy) is 1. The maximum Gasteiger partial charge on any atom is 0.441 e. The molecular weight excluding hydrogens is 292 g/mol. The number of nitro groups is 1. The van der Waals surface area contributed by atoms with Crippen molar-refractivity contribution in [2.75, 3.05) is 0 Å². The summed E-state index contributed by atoms with van der Waals surface area (Å²) < 4.78 is 4.91. The summed E-state index contributed by atoms with van der Waals surface area (Å²) >= 11 is 0. The van der Waals surface area contributed by atoms with Crippen molar-refractivity contribution in [2.24, 2.45) is 0 Å². The van der Waals surface area contributed by atoms with Gasteiger partial charge < -0.3 is 9.57 Å². The van der Waals surface area contributed by atoms with Crippen molar-refractivity contribution >= 4 is 17.7 Å². The third kappa shape index (κ3) is 5.39. The van der Waals surface area contributed by atoms with Crippen LogP contribution >= 0.6 is 0 Å². The first-order valence-electron chi connectivity index (χ1n) is 6.54. The molecule has 1 amide bonds. The van der Waals surface area contributed by atoms with E-state index in [1.807, 2.05) is 5.48 Å². The maximum absolute atomic E-state index is 11.8. The topological polar surface area (TPSA) is 108 Å². The van der Waals surface area contributed by atoms with Crippen molar-refractivity contribution in [1.82, 2.24) is 5.48 Å². The van der Waals surface area contributed by atoms with Crippen molar-refractivity contribution in [2.45, 2.75) is 39.2 Å². The Labute approximate surface area is 127 Å². The molecular formula is C14H18N2O6. The summed E-state index contributed by atoms with van der Waals surface area (Å²) in [6.45, 7) is 6.51. The van der Waals surface area contributed by atoms with Gasteiger partial charge in [-0.25, -0.2) is 9.59 Å². The van der Waals surface area contributed by atoms with E-state index in [-0.39, 0.29) is 5.69 Å². The molecule has 1 unspecified atom stereocenters. The number of benzene rings is 1. The van der Waals surface area contributed by atoms with E-state index in [0.717, 1.165) is 0 Å². The maximum atomic E-state index is 11.8. The number of rotatable bonds is 3. The van der Waals surface area contributed by atoms with Crippen LogP contribution in [-0.4, -0.2) is 22.6 Å². The number of amides is 1. The van der Waals surface area contributed by atoms with Gasteiger partial charge in [-0.1, -0.05) is 12.1 Å². The molecule has 0 saturated heterocycles. The fourth-order valence-electron chi connectivity index (χ4n) is 1.52. The van der Waals surface area contributed by atoms with Crippen molar-refractivity contribution in [3.63, 3.8) is 0 Å². The van der Waals surface area contributed by atoms with Crippen LogP contribution < -0.4 is 5.48 Å². The summed E-state index contributed by atoms with van der Waals surface area (Å²) in [6.07, 6.45) is -0.896. The number of carbonyl (C=O) groups excluding carboxylic acids is 2. The van der Waals surface area contributed by atoms with Crippen molar-refractivity contribution in [1.29, 1.82) is 0 Å². The highest BCUT2D eigenvalue weighted by atomic mass is 16.7. The Morgan fingerprint density at radius 2 is 1.95 bits per heavy atom. The number of hydroxylamine groups is 1. The van der Waals surface area contributed by atoms with E-state index >= 15 is 0 Å². The second-order valence-electron chi connectivity index (χ2n) is 5.60. The predicted molar refractivity (Wildman–Crippen MR) is 77.0 cm³/mol. The highest BCUT2D eigenvalue weighted by Crippen LogP contribution is 2.21. The van der Waals surface area contributed by atoms with Crippen LogP contribution in [0.1, 0.15) is 39.2 Å². The molecule has 1 aromatic rings. The Morgan fingerprint density at radius 1 is 1.32 bits per heavy atom. The molecule has 22 heavy (non-hydrogen) atoms. The first-order valence-corrected chi connectivity index (χ1v) is 6.54. The van der Waals surface area contributed by atoms with E-state index in [9.17, 15) is 19.7 Å². The average molecular weight is 310 g/mol. The summed E-state index contributed by atoms with van der Waals surface area (Å²) in [7, 11) is 0. The molecule has 0 bridgehead atoms. The van der Waals surface area contributed by atoms with Gasteiger partial charge in [-0.15, -0.1) is 5.48 Å². The number of carbonyl (C=O) groups is 2. The normalized spacial score (nSPS) is 12.2. The second-order valence-corrected chi connectivity index (χ2v) is 5.60. The standard InChI is InChI=1S/C14H18N2O6/c1-9(10-6-5-7-11(8-10)16(19)20)12(17)22-15-13(18)21-14(2,3)4/h5-9H,1-4H3,(H,15,18). The minimum atomic E-state index is -0.896. The lowest BCUT2D eigenvalue weighted by Crippen LogP contribution is -2.35. The van der Waals surface area contributed by atoms with E-state index in [4.69, 9.17) is 4.74 Å². The molecule has 0 saturated carbocycles.